The molecule has 2 aliphatic heterocycles. The van der Waals surface area contributed by atoms with E-state index in [9.17, 15) is 9.90 Å². The fraction of sp³-hybridized carbons (Fsp3) is 0.912. The van der Waals surface area contributed by atoms with Crippen LogP contribution in [-0.2, 0) is 19.0 Å². The van der Waals surface area contributed by atoms with Crippen LogP contribution in [0.4, 0.5) is 0 Å². The van der Waals surface area contributed by atoms with Crippen molar-refractivity contribution in [2.24, 2.45) is 11.3 Å². The smallest absolute Gasteiger partial charge is 0.305 e. The summed E-state index contributed by atoms with van der Waals surface area (Å²) >= 11 is 0. The van der Waals surface area contributed by atoms with E-state index in [2.05, 4.69) is 20.4 Å². The number of carbonyl (C=O) groups excluding carboxylic acids is 1. The van der Waals surface area contributed by atoms with Crippen molar-refractivity contribution in [3.8, 4) is 0 Å². The maximum Gasteiger partial charge on any atom is 0.305 e. The number of epoxide rings is 2. The first-order valence-corrected chi connectivity index (χ1v) is 16.5. The minimum atomic E-state index is -0.790. The molecule has 6 atom stereocenters. The highest BCUT2D eigenvalue weighted by Crippen LogP contribution is 2.69. The third-order valence-corrected chi connectivity index (χ3v) is 10.7. The van der Waals surface area contributed by atoms with Crippen LogP contribution in [0, 0.1) is 11.3 Å². The highest BCUT2D eigenvalue weighted by atomic mass is 16.7. The van der Waals surface area contributed by atoms with Gasteiger partial charge in [0, 0.05) is 18.8 Å². The maximum absolute atomic E-state index is 12.6. The number of unbranched alkanes of at least 4 members (excludes halogenated alkanes) is 10. The lowest BCUT2D eigenvalue weighted by Crippen LogP contribution is -2.46. The molecule has 5 heteroatoms. The second kappa shape index (κ2) is 12.9. The average molecular weight is 547 g/mol. The van der Waals surface area contributed by atoms with Gasteiger partial charge in [0.1, 0.15) is 17.8 Å². The van der Waals surface area contributed by atoms with Gasteiger partial charge in [0.15, 0.2) is 0 Å². The lowest BCUT2D eigenvalue weighted by Gasteiger charge is -2.37. The predicted molar refractivity (Wildman–Crippen MR) is 157 cm³/mol. The molecular formula is C34H58O5. The number of carbonyl (C=O) groups is 1. The first-order valence-electron chi connectivity index (χ1n) is 16.5. The summed E-state index contributed by atoms with van der Waals surface area (Å²) in [5.41, 5.74) is -0.262. The number of hydrogen-bond donors (Lipinski definition) is 1. The average Bonchev–Trinajstić information content (AvgIpc) is 3.75. The van der Waals surface area contributed by atoms with Gasteiger partial charge in [-0.1, -0.05) is 90.2 Å². The third-order valence-electron chi connectivity index (χ3n) is 10.7. The molecule has 39 heavy (non-hydrogen) atoms. The van der Waals surface area contributed by atoms with Crippen molar-refractivity contribution in [3.05, 3.63) is 12.2 Å². The van der Waals surface area contributed by atoms with Crippen LogP contribution >= 0.6 is 0 Å². The van der Waals surface area contributed by atoms with Crippen molar-refractivity contribution in [1.29, 1.82) is 0 Å². The monoisotopic (exact) mass is 546 g/mol. The van der Waals surface area contributed by atoms with Crippen LogP contribution in [0.5, 0.6) is 0 Å². The number of aliphatic hydroxyl groups is 1. The molecule has 224 valence electrons. The van der Waals surface area contributed by atoms with Gasteiger partial charge in [-0.25, -0.2) is 0 Å². The van der Waals surface area contributed by atoms with Crippen LogP contribution in [0.3, 0.4) is 0 Å². The van der Waals surface area contributed by atoms with Crippen molar-refractivity contribution in [3.63, 3.8) is 0 Å². The Morgan fingerprint density at radius 3 is 2.23 bits per heavy atom. The lowest BCUT2D eigenvalue weighted by molar-refractivity contribution is -0.145. The number of fused-ring (bicyclic) bond motifs is 1. The van der Waals surface area contributed by atoms with Gasteiger partial charge in [-0.3, -0.25) is 4.79 Å². The number of allylic oxidation sites excluding steroid dienone is 1. The molecule has 1 N–H and O–H groups in total. The van der Waals surface area contributed by atoms with E-state index in [0.29, 0.717) is 13.0 Å². The van der Waals surface area contributed by atoms with Crippen LogP contribution in [0.25, 0.3) is 0 Å². The Hall–Kier alpha value is -0.910. The molecule has 2 saturated carbocycles. The molecule has 1 spiro atoms. The van der Waals surface area contributed by atoms with Crippen LogP contribution < -0.4 is 0 Å². The summed E-state index contributed by atoms with van der Waals surface area (Å²) in [5.74, 6) is 0.00616. The normalized spacial score (nSPS) is 35.9. The van der Waals surface area contributed by atoms with Gasteiger partial charge in [0.2, 0.25) is 0 Å². The van der Waals surface area contributed by atoms with E-state index in [1.807, 2.05) is 13.8 Å². The molecule has 4 aliphatic rings. The van der Waals surface area contributed by atoms with Crippen LogP contribution in [0.1, 0.15) is 150 Å². The molecule has 0 unspecified atom stereocenters. The first kappa shape index (κ1) is 31.0. The molecule has 4 rings (SSSR count). The zero-order valence-corrected chi connectivity index (χ0v) is 25.7. The number of rotatable bonds is 15. The minimum absolute atomic E-state index is 0.0208. The molecule has 5 nitrogen and oxygen atoms in total. The Bertz CT molecular complexity index is 832. The molecule has 0 aromatic rings. The van der Waals surface area contributed by atoms with Crippen molar-refractivity contribution in [2.75, 3.05) is 6.61 Å². The van der Waals surface area contributed by atoms with E-state index in [1.165, 1.54) is 63.4 Å². The molecule has 2 saturated heterocycles. The van der Waals surface area contributed by atoms with Crippen molar-refractivity contribution in [2.45, 2.75) is 179 Å². The van der Waals surface area contributed by atoms with Crippen molar-refractivity contribution in [1.82, 2.24) is 0 Å². The van der Waals surface area contributed by atoms with E-state index in [0.717, 1.165) is 57.8 Å². The zero-order valence-electron chi connectivity index (χ0n) is 25.7. The lowest BCUT2D eigenvalue weighted by atomic mass is 9.67. The molecule has 2 aliphatic carbocycles. The molecule has 4 fully saturated rings. The quantitative estimate of drug-likeness (QED) is 0.0970. The van der Waals surface area contributed by atoms with E-state index in [4.69, 9.17) is 14.2 Å². The third kappa shape index (κ3) is 7.30. The second-order valence-corrected chi connectivity index (χ2v) is 14.3. The molecule has 2 heterocycles. The number of ether oxygens (including phenoxy) is 3. The number of hydrogen-bond acceptors (Lipinski definition) is 5. The summed E-state index contributed by atoms with van der Waals surface area (Å²) in [5, 5.41) is 11.1. The summed E-state index contributed by atoms with van der Waals surface area (Å²) in [4.78, 5) is 12.6. The molecule has 0 aromatic carbocycles. The predicted octanol–water partition coefficient (Wildman–Crippen LogP) is 8.21. The Morgan fingerprint density at radius 1 is 0.949 bits per heavy atom. The first-order chi connectivity index (χ1) is 18.6. The van der Waals surface area contributed by atoms with Gasteiger partial charge >= 0.3 is 5.97 Å². The van der Waals surface area contributed by atoms with Gasteiger partial charge < -0.3 is 19.3 Å². The summed E-state index contributed by atoms with van der Waals surface area (Å²) < 4.78 is 18.8. The summed E-state index contributed by atoms with van der Waals surface area (Å²) in [6.07, 6.45) is 21.4. The number of esters is 1. The van der Waals surface area contributed by atoms with E-state index in [-0.39, 0.29) is 35.1 Å². The Labute approximate surface area is 238 Å². The highest BCUT2D eigenvalue weighted by molar-refractivity contribution is 5.69. The SMILES string of the molecule is C=C1CC[C@@H]2O[C@]2(COC(=O)CCCCCCCCCCCCC)C[C@H]2O[C@]23[C@H](C(C)(C)O)CC[C@@]3(C)CC1. The largest absolute Gasteiger partial charge is 0.462 e. The molecule has 0 bridgehead atoms. The molecule has 0 radical (unpaired) electrons. The van der Waals surface area contributed by atoms with Gasteiger partial charge in [0.25, 0.3) is 0 Å². The van der Waals surface area contributed by atoms with Crippen molar-refractivity contribution >= 4 is 5.97 Å². The van der Waals surface area contributed by atoms with Crippen molar-refractivity contribution < 1.29 is 24.1 Å². The van der Waals surface area contributed by atoms with Gasteiger partial charge in [-0.15, -0.1) is 0 Å². The van der Waals surface area contributed by atoms with E-state index >= 15 is 0 Å². The standard InChI is InChI=1S/C34H58O5/c1-6-7-8-9-10-11-12-13-14-15-16-17-30(35)37-25-33-24-29-34(39-29)27(31(3,4)36)21-23-32(34,5)22-20-26(2)18-19-28(33)38-33/h27-29,36H,2,6-25H2,1,3-5H3/t27-,28-,29+,32+,33-,34+/m0/s1. The van der Waals surface area contributed by atoms with Gasteiger partial charge in [-0.05, 0) is 64.2 Å². The fourth-order valence-corrected chi connectivity index (χ4v) is 8.10. The zero-order chi connectivity index (χ0) is 28.2. The van der Waals surface area contributed by atoms with Gasteiger partial charge in [-0.2, -0.15) is 0 Å². The van der Waals surface area contributed by atoms with E-state index in [1.54, 1.807) is 0 Å². The minimum Gasteiger partial charge on any atom is -0.462 e. The van der Waals surface area contributed by atoms with Crippen LogP contribution in [0.2, 0.25) is 0 Å². The molecule has 0 amide bonds. The molecule has 0 aromatic heterocycles. The maximum atomic E-state index is 12.6. The Morgan fingerprint density at radius 2 is 1.59 bits per heavy atom. The molecular weight excluding hydrogens is 488 g/mol. The Kier molecular flexibility index (Phi) is 10.3. The van der Waals surface area contributed by atoms with Gasteiger partial charge in [0.05, 0.1) is 17.8 Å². The summed E-state index contributed by atoms with van der Waals surface area (Å²) in [7, 11) is 0. The summed E-state index contributed by atoms with van der Waals surface area (Å²) in [6.45, 7) is 13.2. The highest BCUT2D eigenvalue weighted by Gasteiger charge is 2.77. The second-order valence-electron chi connectivity index (χ2n) is 14.3. The van der Waals surface area contributed by atoms with Crippen LogP contribution in [0.15, 0.2) is 12.2 Å². The van der Waals surface area contributed by atoms with E-state index < -0.39 is 11.2 Å². The summed E-state index contributed by atoms with van der Waals surface area (Å²) in [6, 6.07) is 0. The van der Waals surface area contributed by atoms with Crippen LogP contribution in [-0.4, -0.2) is 46.7 Å². The topological polar surface area (TPSA) is 71.6 Å². The fourth-order valence-electron chi connectivity index (χ4n) is 8.10. The Balaban J connectivity index is 1.23.